The molecule has 2 aromatic carbocycles. The summed E-state index contributed by atoms with van der Waals surface area (Å²) in [6, 6.07) is 10.5. The molecule has 0 atom stereocenters. The number of carbonyl (C=O) groups is 1. The number of halogens is 1. The topological polar surface area (TPSA) is 60.4 Å². The molecule has 0 fully saturated rings. The summed E-state index contributed by atoms with van der Waals surface area (Å²) in [6.07, 6.45) is 0.558. The minimum atomic E-state index is -4.26. The predicted octanol–water partition coefficient (Wildman–Crippen LogP) is 2.41. The van der Waals surface area contributed by atoms with Gasteiger partial charge in [-0.3, -0.25) is 4.79 Å². The van der Waals surface area contributed by atoms with Crippen molar-refractivity contribution in [3.8, 4) is 5.75 Å². The molecule has 98 valence electrons. The van der Waals surface area contributed by atoms with Crippen molar-refractivity contribution in [3.63, 3.8) is 0 Å². The number of benzene rings is 2. The Morgan fingerprint density at radius 3 is 2.47 bits per heavy atom. The van der Waals surface area contributed by atoms with E-state index in [0.717, 1.165) is 12.1 Å². The van der Waals surface area contributed by atoms with Gasteiger partial charge in [0, 0.05) is 5.56 Å². The van der Waals surface area contributed by atoms with E-state index in [1.807, 2.05) is 0 Å². The minimum absolute atomic E-state index is 0.0483. The van der Waals surface area contributed by atoms with Crippen LogP contribution in [-0.2, 0) is 10.1 Å². The number of aldehydes is 1. The monoisotopic (exact) mass is 280 g/mol. The number of carbonyl (C=O) groups excluding carboxylic acids is 1. The highest BCUT2D eigenvalue weighted by Crippen LogP contribution is 2.21. The number of hydrogen-bond donors (Lipinski definition) is 0. The minimum Gasteiger partial charge on any atom is -0.379 e. The van der Waals surface area contributed by atoms with Gasteiger partial charge < -0.3 is 4.18 Å². The second kappa shape index (κ2) is 5.19. The van der Waals surface area contributed by atoms with Crippen LogP contribution in [-0.4, -0.2) is 14.7 Å². The lowest BCUT2D eigenvalue weighted by Gasteiger charge is -2.07. The molecule has 0 amide bonds. The molecule has 0 N–H and O–H groups in total. The molecule has 0 aliphatic carbocycles. The van der Waals surface area contributed by atoms with Crippen LogP contribution in [0.5, 0.6) is 5.75 Å². The van der Waals surface area contributed by atoms with Gasteiger partial charge in [0.1, 0.15) is 22.7 Å². The molecule has 0 saturated heterocycles. The molecule has 0 unspecified atom stereocenters. The van der Waals surface area contributed by atoms with Crippen molar-refractivity contribution in [2.45, 2.75) is 4.90 Å². The molecule has 0 spiro atoms. The quantitative estimate of drug-likeness (QED) is 0.637. The van der Waals surface area contributed by atoms with E-state index in [-0.39, 0.29) is 11.3 Å². The standard InChI is InChI=1S/C13H9FO4S/c14-12-6-1-2-7-13(12)19(16,17)18-11-5-3-4-10(8-11)9-15/h1-9H. The maximum Gasteiger partial charge on any atom is 0.342 e. The SMILES string of the molecule is O=Cc1cccc(OS(=O)(=O)c2ccccc2F)c1. The fourth-order valence-electron chi connectivity index (χ4n) is 1.46. The van der Waals surface area contributed by atoms with Crippen molar-refractivity contribution in [1.29, 1.82) is 0 Å². The summed E-state index contributed by atoms with van der Waals surface area (Å²) in [5, 5.41) is 0. The first-order valence-corrected chi connectivity index (χ1v) is 6.68. The predicted molar refractivity (Wildman–Crippen MR) is 66.0 cm³/mol. The first-order chi connectivity index (χ1) is 9.03. The average Bonchev–Trinajstić information content (AvgIpc) is 2.38. The normalized spacial score (nSPS) is 11.0. The van der Waals surface area contributed by atoms with Gasteiger partial charge in [-0.25, -0.2) is 4.39 Å². The Bertz CT molecular complexity index is 710. The van der Waals surface area contributed by atoms with Crippen molar-refractivity contribution < 1.29 is 21.8 Å². The van der Waals surface area contributed by atoms with Crippen molar-refractivity contribution >= 4 is 16.4 Å². The number of rotatable bonds is 4. The van der Waals surface area contributed by atoms with Crippen LogP contribution < -0.4 is 4.18 Å². The highest BCUT2D eigenvalue weighted by Gasteiger charge is 2.20. The van der Waals surface area contributed by atoms with Gasteiger partial charge in [-0.2, -0.15) is 8.42 Å². The zero-order valence-electron chi connectivity index (χ0n) is 9.62. The Morgan fingerprint density at radius 1 is 1.05 bits per heavy atom. The molecule has 0 aliphatic rings. The average molecular weight is 280 g/mol. The summed E-state index contributed by atoms with van der Waals surface area (Å²) >= 11 is 0. The van der Waals surface area contributed by atoms with Crippen molar-refractivity contribution in [1.82, 2.24) is 0 Å². The lowest BCUT2D eigenvalue weighted by molar-refractivity contribution is 0.112. The molecule has 0 saturated carbocycles. The molecule has 2 rings (SSSR count). The summed E-state index contributed by atoms with van der Waals surface area (Å²) in [6.45, 7) is 0. The Kier molecular flexibility index (Phi) is 3.62. The zero-order chi connectivity index (χ0) is 13.9. The van der Waals surface area contributed by atoms with Gasteiger partial charge in [-0.05, 0) is 24.3 Å². The van der Waals surface area contributed by atoms with E-state index in [0.29, 0.717) is 6.29 Å². The molecule has 0 aromatic heterocycles. The van der Waals surface area contributed by atoms with Gasteiger partial charge in [0.15, 0.2) is 0 Å². The third-order valence-electron chi connectivity index (χ3n) is 2.31. The third-order valence-corrected chi connectivity index (χ3v) is 3.59. The van der Waals surface area contributed by atoms with Crippen LogP contribution in [0.25, 0.3) is 0 Å². The molecular weight excluding hydrogens is 271 g/mol. The van der Waals surface area contributed by atoms with Crippen molar-refractivity contribution in [2.75, 3.05) is 0 Å². The van der Waals surface area contributed by atoms with Crippen LogP contribution in [0, 0.1) is 5.82 Å². The highest BCUT2D eigenvalue weighted by molar-refractivity contribution is 7.87. The highest BCUT2D eigenvalue weighted by atomic mass is 32.2. The van der Waals surface area contributed by atoms with Crippen LogP contribution in [0.3, 0.4) is 0 Å². The molecule has 6 heteroatoms. The van der Waals surface area contributed by atoms with Gasteiger partial charge >= 0.3 is 10.1 Å². The van der Waals surface area contributed by atoms with Crippen molar-refractivity contribution in [3.05, 3.63) is 59.9 Å². The molecule has 0 radical (unpaired) electrons. The molecule has 0 heterocycles. The van der Waals surface area contributed by atoms with E-state index in [9.17, 15) is 17.6 Å². The molecule has 2 aromatic rings. The van der Waals surface area contributed by atoms with Gasteiger partial charge in [-0.15, -0.1) is 0 Å². The van der Waals surface area contributed by atoms with Gasteiger partial charge in [-0.1, -0.05) is 24.3 Å². The van der Waals surface area contributed by atoms with Gasteiger partial charge in [0.2, 0.25) is 0 Å². The molecule has 0 bridgehead atoms. The maximum atomic E-state index is 13.4. The fourth-order valence-corrected chi connectivity index (χ4v) is 2.46. The van der Waals surface area contributed by atoms with Crippen LogP contribution in [0.4, 0.5) is 4.39 Å². The Hall–Kier alpha value is -2.21. The zero-order valence-corrected chi connectivity index (χ0v) is 10.4. The Labute approximate surface area is 109 Å². The van der Waals surface area contributed by atoms with Crippen LogP contribution in [0.2, 0.25) is 0 Å². The van der Waals surface area contributed by atoms with Crippen molar-refractivity contribution in [2.24, 2.45) is 0 Å². The fraction of sp³-hybridized carbons (Fsp3) is 0. The van der Waals surface area contributed by atoms with Gasteiger partial charge in [0.25, 0.3) is 0 Å². The first kappa shape index (κ1) is 13.2. The lowest BCUT2D eigenvalue weighted by atomic mass is 10.2. The lowest BCUT2D eigenvalue weighted by Crippen LogP contribution is -2.11. The van der Waals surface area contributed by atoms with Gasteiger partial charge in [0.05, 0.1) is 0 Å². The van der Waals surface area contributed by atoms with Crippen LogP contribution in [0.15, 0.2) is 53.4 Å². The number of hydrogen-bond acceptors (Lipinski definition) is 4. The molecule has 19 heavy (non-hydrogen) atoms. The van der Waals surface area contributed by atoms with E-state index in [1.54, 1.807) is 0 Å². The van der Waals surface area contributed by atoms with E-state index in [2.05, 4.69) is 0 Å². The first-order valence-electron chi connectivity index (χ1n) is 5.27. The van der Waals surface area contributed by atoms with Crippen LogP contribution in [0.1, 0.15) is 10.4 Å². The molecule has 0 aliphatic heterocycles. The second-order valence-electron chi connectivity index (χ2n) is 3.66. The van der Waals surface area contributed by atoms with Crippen LogP contribution >= 0.6 is 0 Å². The Morgan fingerprint density at radius 2 is 1.79 bits per heavy atom. The summed E-state index contributed by atoms with van der Waals surface area (Å²) in [5.74, 6) is -0.943. The maximum absolute atomic E-state index is 13.4. The van der Waals surface area contributed by atoms with E-state index in [1.165, 1.54) is 36.4 Å². The smallest absolute Gasteiger partial charge is 0.342 e. The molecule has 4 nitrogen and oxygen atoms in total. The van der Waals surface area contributed by atoms with E-state index in [4.69, 9.17) is 4.18 Å². The van der Waals surface area contributed by atoms with E-state index >= 15 is 0 Å². The summed E-state index contributed by atoms with van der Waals surface area (Å²) in [5.41, 5.74) is 0.265. The summed E-state index contributed by atoms with van der Waals surface area (Å²) in [4.78, 5) is 10.0. The van der Waals surface area contributed by atoms with E-state index < -0.39 is 20.8 Å². The summed E-state index contributed by atoms with van der Waals surface area (Å²) < 4.78 is 41.9. The largest absolute Gasteiger partial charge is 0.379 e. The second-order valence-corrected chi connectivity index (χ2v) is 5.17. The Balaban J connectivity index is 2.36. The molecular formula is C13H9FO4S. The third kappa shape index (κ3) is 2.97. The summed E-state index contributed by atoms with van der Waals surface area (Å²) in [7, 11) is -4.26.